The fourth-order valence-corrected chi connectivity index (χ4v) is 0.987. The Bertz CT molecular complexity index is 424. The molecular formula is C9H7FN2O2. The molecule has 0 spiro atoms. The molecule has 2 N–H and O–H groups in total. The lowest BCUT2D eigenvalue weighted by atomic mass is 10.1. The zero-order chi connectivity index (χ0) is 10.7. The summed E-state index contributed by atoms with van der Waals surface area (Å²) in [6.45, 7) is 0. The summed E-state index contributed by atoms with van der Waals surface area (Å²) in [5, 5.41) is 8.52. The summed E-state index contributed by atoms with van der Waals surface area (Å²) >= 11 is 0. The van der Waals surface area contributed by atoms with Crippen molar-refractivity contribution in [2.45, 2.75) is 0 Å². The molecule has 0 aliphatic carbocycles. The second-order valence-corrected chi connectivity index (χ2v) is 2.53. The van der Waals surface area contributed by atoms with Crippen LogP contribution in [0.5, 0.6) is 0 Å². The van der Waals surface area contributed by atoms with Crippen molar-refractivity contribution in [1.29, 1.82) is 5.26 Å². The molecule has 0 saturated heterocycles. The van der Waals surface area contributed by atoms with Crippen LogP contribution in [0.3, 0.4) is 0 Å². The van der Waals surface area contributed by atoms with E-state index in [2.05, 4.69) is 4.74 Å². The Morgan fingerprint density at radius 1 is 1.64 bits per heavy atom. The number of nitrogens with two attached hydrogens (primary N) is 1. The van der Waals surface area contributed by atoms with E-state index in [4.69, 9.17) is 11.0 Å². The van der Waals surface area contributed by atoms with Gasteiger partial charge >= 0.3 is 5.97 Å². The number of anilines is 1. The molecule has 0 unspecified atom stereocenters. The van der Waals surface area contributed by atoms with Gasteiger partial charge in [-0.05, 0) is 12.1 Å². The van der Waals surface area contributed by atoms with Crippen LogP contribution in [0.25, 0.3) is 0 Å². The van der Waals surface area contributed by atoms with Gasteiger partial charge in [0.25, 0.3) is 0 Å². The lowest BCUT2D eigenvalue weighted by Gasteiger charge is -2.03. The first-order valence-corrected chi connectivity index (χ1v) is 3.67. The predicted molar refractivity (Wildman–Crippen MR) is 46.9 cm³/mol. The number of carbonyl (C=O) groups excluding carboxylic acids is 1. The minimum Gasteiger partial charge on any atom is -0.465 e. The molecule has 0 aromatic heterocycles. The fraction of sp³-hybridized carbons (Fsp3) is 0.111. The van der Waals surface area contributed by atoms with Gasteiger partial charge in [-0.25, -0.2) is 9.18 Å². The summed E-state index contributed by atoms with van der Waals surface area (Å²) in [6, 6.07) is 3.87. The number of methoxy groups -OCH3 is 1. The Kier molecular flexibility index (Phi) is 2.67. The number of carbonyl (C=O) groups is 1. The Hall–Kier alpha value is -2.09. The highest BCUT2D eigenvalue weighted by molar-refractivity contribution is 5.91. The number of nitriles is 1. The van der Waals surface area contributed by atoms with Crippen LogP contribution in [0.2, 0.25) is 0 Å². The SMILES string of the molecule is COC(=O)c1cc(N)cc(C#N)c1F. The third-order valence-electron chi connectivity index (χ3n) is 1.62. The van der Waals surface area contributed by atoms with E-state index in [9.17, 15) is 9.18 Å². The Morgan fingerprint density at radius 3 is 2.79 bits per heavy atom. The number of benzene rings is 1. The topological polar surface area (TPSA) is 76.1 Å². The third kappa shape index (κ3) is 1.64. The number of ether oxygens (including phenoxy) is 1. The standard InChI is InChI=1S/C9H7FN2O2/c1-14-9(13)7-3-6(12)2-5(4-11)8(7)10/h2-3H,12H2,1H3. The van der Waals surface area contributed by atoms with Crippen LogP contribution < -0.4 is 5.73 Å². The highest BCUT2D eigenvalue weighted by Gasteiger charge is 2.16. The highest BCUT2D eigenvalue weighted by atomic mass is 19.1. The lowest BCUT2D eigenvalue weighted by Crippen LogP contribution is -2.07. The first-order chi connectivity index (χ1) is 6.60. The summed E-state index contributed by atoms with van der Waals surface area (Å²) in [7, 11) is 1.12. The number of nitrogens with zero attached hydrogens (tertiary/aromatic N) is 1. The van der Waals surface area contributed by atoms with Crippen molar-refractivity contribution in [1.82, 2.24) is 0 Å². The molecule has 0 heterocycles. The lowest BCUT2D eigenvalue weighted by molar-refractivity contribution is 0.0595. The quantitative estimate of drug-likeness (QED) is 0.535. The van der Waals surface area contributed by atoms with Crippen molar-refractivity contribution >= 4 is 11.7 Å². The molecule has 4 nitrogen and oxygen atoms in total. The van der Waals surface area contributed by atoms with Gasteiger partial charge in [-0.3, -0.25) is 0 Å². The summed E-state index contributed by atoms with van der Waals surface area (Å²) in [5.41, 5.74) is 4.91. The van der Waals surface area contributed by atoms with Crippen LogP contribution in [0.4, 0.5) is 10.1 Å². The summed E-state index contributed by atoms with van der Waals surface area (Å²) < 4.78 is 17.6. The molecule has 0 bridgehead atoms. The number of nitrogen functional groups attached to an aromatic ring is 1. The van der Waals surface area contributed by atoms with E-state index in [-0.39, 0.29) is 16.8 Å². The molecule has 72 valence electrons. The maximum atomic E-state index is 13.3. The average molecular weight is 194 g/mol. The van der Waals surface area contributed by atoms with Gasteiger partial charge in [0.15, 0.2) is 5.82 Å². The van der Waals surface area contributed by atoms with Gasteiger partial charge in [0.1, 0.15) is 6.07 Å². The first-order valence-electron chi connectivity index (χ1n) is 3.67. The van der Waals surface area contributed by atoms with Gasteiger partial charge < -0.3 is 10.5 Å². The molecule has 0 saturated carbocycles. The average Bonchev–Trinajstić information content (AvgIpc) is 2.19. The van der Waals surface area contributed by atoms with Crippen LogP contribution in [0, 0.1) is 17.1 Å². The molecule has 0 amide bonds. The summed E-state index contributed by atoms with van der Waals surface area (Å²) in [5.74, 6) is -1.76. The molecule has 0 fully saturated rings. The van der Waals surface area contributed by atoms with Crippen molar-refractivity contribution in [2.75, 3.05) is 12.8 Å². The van der Waals surface area contributed by atoms with Gasteiger partial charge in [-0.1, -0.05) is 0 Å². The normalized spacial score (nSPS) is 9.21. The summed E-state index contributed by atoms with van der Waals surface area (Å²) in [6.07, 6.45) is 0. The predicted octanol–water partition coefficient (Wildman–Crippen LogP) is 1.07. The smallest absolute Gasteiger partial charge is 0.340 e. The largest absolute Gasteiger partial charge is 0.465 e. The van der Waals surface area contributed by atoms with Crippen molar-refractivity contribution in [3.8, 4) is 6.07 Å². The minimum absolute atomic E-state index is 0.142. The maximum Gasteiger partial charge on any atom is 0.340 e. The molecule has 1 aromatic carbocycles. The van der Waals surface area contributed by atoms with Crippen LogP contribution in [0.15, 0.2) is 12.1 Å². The van der Waals surface area contributed by atoms with Gasteiger partial charge in [-0.15, -0.1) is 0 Å². The summed E-state index contributed by atoms with van der Waals surface area (Å²) in [4.78, 5) is 11.0. The van der Waals surface area contributed by atoms with E-state index in [0.29, 0.717) is 0 Å². The Balaban J connectivity index is 3.38. The Morgan fingerprint density at radius 2 is 2.29 bits per heavy atom. The molecule has 1 rings (SSSR count). The van der Waals surface area contributed by atoms with Crippen LogP contribution >= 0.6 is 0 Å². The third-order valence-corrected chi connectivity index (χ3v) is 1.62. The number of hydrogen-bond acceptors (Lipinski definition) is 4. The van der Waals surface area contributed by atoms with Gasteiger partial charge in [-0.2, -0.15) is 5.26 Å². The highest BCUT2D eigenvalue weighted by Crippen LogP contribution is 2.17. The number of hydrogen-bond donors (Lipinski definition) is 1. The molecule has 0 aliphatic heterocycles. The molecule has 5 heteroatoms. The van der Waals surface area contributed by atoms with E-state index in [0.717, 1.165) is 19.2 Å². The zero-order valence-corrected chi connectivity index (χ0v) is 7.37. The zero-order valence-electron chi connectivity index (χ0n) is 7.37. The Labute approximate surface area is 79.7 Å². The van der Waals surface area contributed by atoms with E-state index >= 15 is 0 Å². The molecular weight excluding hydrogens is 187 g/mol. The van der Waals surface area contributed by atoms with Crippen molar-refractivity contribution in [2.24, 2.45) is 0 Å². The molecule has 0 radical (unpaired) electrons. The van der Waals surface area contributed by atoms with E-state index in [1.807, 2.05) is 0 Å². The number of halogens is 1. The van der Waals surface area contributed by atoms with Crippen LogP contribution in [-0.2, 0) is 4.74 Å². The van der Waals surface area contributed by atoms with Crippen LogP contribution in [-0.4, -0.2) is 13.1 Å². The monoisotopic (exact) mass is 194 g/mol. The second-order valence-electron chi connectivity index (χ2n) is 2.53. The van der Waals surface area contributed by atoms with Gasteiger partial charge in [0, 0.05) is 5.69 Å². The maximum absolute atomic E-state index is 13.3. The fourth-order valence-electron chi connectivity index (χ4n) is 0.987. The van der Waals surface area contributed by atoms with Gasteiger partial charge in [0.2, 0.25) is 0 Å². The second kappa shape index (κ2) is 3.75. The van der Waals surface area contributed by atoms with Crippen molar-refractivity contribution in [3.05, 3.63) is 29.1 Å². The first kappa shape index (κ1) is 9.99. The molecule has 1 aromatic rings. The molecule has 0 atom stereocenters. The minimum atomic E-state index is -0.909. The number of esters is 1. The van der Waals surface area contributed by atoms with Crippen LogP contribution in [0.1, 0.15) is 15.9 Å². The molecule has 0 aliphatic rings. The van der Waals surface area contributed by atoms with Gasteiger partial charge in [0.05, 0.1) is 18.2 Å². The van der Waals surface area contributed by atoms with E-state index in [1.165, 1.54) is 0 Å². The van der Waals surface area contributed by atoms with E-state index in [1.54, 1.807) is 6.07 Å². The number of rotatable bonds is 1. The molecule has 14 heavy (non-hydrogen) atoms. The van der Waals surface area contributed by atoms with E-state index < -0.39 is 11.8 Å². The van der Waals surface area contributed by atoms with Crippen molar-refractivity contribution in [3.63, 3.8) is 0 Å². The van der Waals surface area contributed by atoms with Crippen molar-refractivity contribution < 1.29 is 13.9 Å².